The Bertz CT molecular complexity index is 2440. The van der Waals surface area contributed by atoms with E-state index in [4.69, 9.17) is 10.5 Å². The summed E-state index contributed by atoms with van der Waals surface area (Å²) in [5, 5.41) is 29.3. The van der Waals surface area contributed by atoms with Crippen LogP contribution in [0.4, 0.5) is 11.4 Å². The molecule has 1 fully saturated rings. The summed E-state index contributed by atoms with van der Waals surface area (Å²) in [5.74, 6) is -0.00930. The number of likely N-dealkylation sites (tertiary alicyclic amines) is 1. The van der Waals surface area contributed by atoms with Gasteiger partial charge in [0.1, 0.15) is 11.5 Å². The number of nitrogens with one attached hydrogen (secondary N) is 3. The Balaban J connectivity index is 1.02. The van der Waals surface area contributed by atoms with Crippen molar-refractivity contribution in [3.8, 4) is 11.5 Å². The number of rotatable bonds is 11. The van der Waals surface area contributed by atoms with Gasteiger partial charge in [-0.2, -0.15) is 0 Å². The van der Waals surface area contributed by atoms with E-state index in [9.17, 15) is 24.6 Å². The lowest BCUT2D eigenvalue weighted by Crippen LogP contribution is -2.45. The quantitative estimate of drug-likeness (QED) is 0.101. The Morgan fingerprint density at radius 1 is 1.00 bits per heavy atom. The lowest BCUT2D eigenvalue weighted by molar-refractivity contribution is 0.0697. The van der Waals surface area contributed by atoms with Crippen molar-refractivity contribution in [2.24, 2.45) is 5.73 Å². The highest BCUT2D eigenvalue weighted by Gasteiger charge is 2.25. The number of nitrogens with zero attached hydrogens (tertiary/aromatic N) is 2. The number of aromatic amines is 1. The van der Waals surface area contributed by atoms with Crippen LogP contribution in [0.5, 0.6) is 11.5 Å². The number of aromatic hydroxyl groups is 1. The van der Waals surface area contributed by atoms with E-state index in [-0.39, 0.29) is 35.4 Å². The minimum absolute atomic E-state index is 0.0327. The van der Waals surface area contributed by atoms with E-state index >= 15 is 0 Å². The Labute approximate surface area is 311 Å². The zero-order valence-corrected chi connectivity index (χ0v) is 30.1. The zero-order chi connectivity index (χ0) is 37.9. The monoisotopic (exact) mass is 726 g/mol. The number of aryl methyl sites for hydroxylation is 1. The number of H-pyrrole nitrogens is 1. The fraction of sp³-hybridized carbons (Fsp3) is 0.238. The maximum absolute atomic E-state index is 13.7. The van der Waals surface area contributed by atoms with Crippen LogP contribution in [-0.2, 0) is 6.42 Å². The molecule has 7 rings (SSSR count). The van der Waals surface area contributed by atoms with Crippen molar-refractivity contribution in [1.82, 2.24) is 20.2 Å². The van der Waals surface area contributed by atoms with Crippen LogP contribution in [0.2, 0.25) is 0 Å². The number of piperidine rings is 1. The molecule has 4 aromatic carbocycles. The van der Waals surface area contributed by atoms with Gasteiger partial charge < -0.3 is 41.2 Å². The largest absolute Gasteiger partial charge is 0.506 e. The number of phenols is 1. The van der Waals surface area contributed by atoms with E-state index < -0.39 is 12.0 Å². The molecule has 0 saturated carbocycles. The van der Waals surface area contributed by atoms with E-state index in [1.54, 1.807) is 19.2 Å². The van der Waals surface area contributed by atoms with Crippen molar-refractivity contribution >= 4 is 45.0 Å². The van der Waals surface area contributed by atoms with Crippen molar-refractivity contribution in [3.05, 3.63) is 135 Å². The normalized spacial score (nSPS) is 13.9. The number of primary amides is 1. The molecule has 1 saturated heterocycles. The number of aromatic nitrogens is 2. The summed E-state index contributed by atoms with van der Waals surface area (Å²) in [4.78, 5) is 47.0. The second-order valence-electron chi connectivity index (χ2n) is 13.7. The fourth-order valence-corrected chi connectivity index (χ4v) is 7.28. The number of anilines is 2. The number of fused-ring (bicyclic) bond motifs is 2. The maximum atomic E-state index is 13.7. The number of hydrogen-bond donors (Lipinski definition) is 6. The van der Waals surface area contributed by atoms with Gasteiger partial charge in [-0.3, -0.25) is 19.4 Å². The molecular weight excluding hydrogens is 684 g/mol. The van der Waals surface area contributed by atoms with Gasteiger partial charge in [0.05, 0.1) is 35.5 Å². The first-order valence-electron chi connectivity index (χ1n) is 17.9. The van der Waals surface area contributed by atoms with Gasteiger partial charge in [0, 0.05) is 66.0 Å². The third-order valence-electron chi connectivity index (χ3n) is 10.1. The SMILES string of the molecule is COc1cccc(Nc2c(C(N)=O)cnc3c(C)cc(Cc4cccc(C(=O)N5CCC(NC[C@H](O)c6ccc(O)c7[nH]c(=O)ccc67)CC5)c4)cc23)c1. The summed E-state index contributed by atoms with van der Waals surface area (Å²) in [6.07, 6.45) is 2.65. The molecule has 0 aliphatic carbocycles. The third kappa shape index (κ3) is 7.61. The lowest BCUT2D eigenvalue weighted by Gasteiger charge is -2.33. The summed E-state index contributed by atoms with van der Waals surface area (Å²) >= 11 is 0. The molecule has 0 spiro atoms. The minimum Gasteiger partial charge on any atom is -0.506 e. The molecule has 0 unspecified atom stereocenters. The molecule has 54 heavy (non-hydrogen) atoms. The standard InChI is InChI=1S/C42H42N6O6/c1-24-17-26(20-33-38(24)45-22-34(41(43)52)39(33)46-29-7-4-8-30(21-29)54-2)18-25-5-3-6-27(19-25)42(53)48-15-13-28(14-16-48)44-23-36(50)31-9-11-35(49)40-32(31)10-12-37(51)47-40/h3-12,17,19-22,28,36,44,49-50H,13-16,18,23H2,1-2H3,(H2,43,52)(H,45,46)(H,47,51)/t36-/m0/s1. The first-order chi connectivity index (χ1) is 26.1. The average molecular weight is 727 g/mol. The molecule has 3 heterocycles. The molecule has 12 nitrogen and oxygen atoms in total. The van der Waals surface area contributed by atoms with Crippen LogP contribution in [0.15, 0.2) is 95.9 Å². The molecule has 12 heteroatoms. The number of carbonyl (C=O) groups excluding carboxylic acids is 2. The van der Waals surface area contributed by atoms with Crippen molar-refractivity contribution in [3.63, 3.8) is 0 Å². The lowest BCUT2D eigenvalue weighted by atomic mass is 9.96. The van der Waals surface area contributed by atoms with Crippen molar-refractivity contribution in [2.45, 2.75) is 38.3 Å². The number of nitrogens with two attached hydrogens (primary N) is 1. The minimum atomic E-state index is -0.856. The summed E-state index contributed by atoms with van der Waals surface area (Å²) in [6.45, 7) is 3.41. The number of carbonyl (C=O) groups is 2. The molecule has 0 radical (unpaired) electrons. The number of hydrogen-bond acceptors (Lipinski definition) is 9. The van der Waals surface area contributed by atoms with Gasteiger partial charge in [-0.25, -0.2) is 0 Å². The Morgan fingerprint density at radius 2 is 1.80 bits per heavy atom. The average Bonchev–Trinajstić information content (AvgIpc) is 3.17. The molecule has 1 aliphatic heterocycles. The van der Waals surface area contributed by atoms with E-state index in [2.05, 4.69) is 26.7 Å². The van der Waals surface area contributed by atoms with E-state index in [0.717, 1.165) is 46.1 Å². The number of aliphatic hydroxyl groups is 1. The summed E-state index contributed by atoms with van der Waals surface area (Å²) < 4.78 is 5.38. The highest BCUT2D eigenvalue weighted by Crippen LogP contribution is 2.33. The van der Waals surface area contributed by atoms with E-state index in [1.807, 2.05) is 66.4 Å². The predicted octanol–water partition coefficient (Wildman–Crippen LogP) is 5.46. The highest BCUT2D eigenvalue weighted by molar-refractivity contribution is 6.08. The number of phenolic OH excluding ortho intramolecular Hbond substituents is 1. The van der Waals surface area contributed by atoms with Crippen molar-refractivity contribution < 1.29 is 24.5 Å². The second kappa shape index (κ2) is 15.4. The van der Waals surface area contributed by atoms with Gasteiger partial charge in [0.15, 0.2) is 0 Å². The molecule has 2 amide bonds. The van der Waals surface area contributed by atoms with Gasteiger partial charge in [-0.05, 0) is 90.9 Å². The zero-order valence-electron chi connectivity index (χ0n) is 30.1. The fourth-order valence-electron chi connectivity index (χ4n) is 7.28. The third-order valence-corrected chi connectivity index (χ3v) is 10.1. The van der Waals surface area contributed by atoms with Gasteiger partial charge in [0.25, 0.3) is 11.8 Å². The van der Waals surface area contributed by atoms with Crippen LogP contribution in [0.25, 0.3) is 21.8 Å². The highest BCUT2D eigenvalue weighted by atomic mass is 16.5. The van der Waals surface area contributed by atoms with E-state index in [0.29, 0.717) is 53.0 Å². The first kappa shape index (κ1) is 36.1. The van der Waals surface area contributed by atoms with Crippen molar-refractivity contribution in [2.75, 3.05) is 32.1 Å². The second-order valence-corrected chi connectivity index (χ2v) is 13.7. The number of amides is 2. The van der Waals surface area contributed by atoms with Crippen LogP contribution in [0.3, 0.4) is 0 Å². The molecule has 1 atom stereocenters. The summed E-state index contributed by atoms with van der Waals surface area (Å²) in [6, 6.07) is 25.4. The molecule has 7 N–H and O–H groups in total. The maximum Gasteiger partial charge on any atom is 0.253 e. The topological polar surface area (TPSA) is 183 Å². The summed E-state index contributed by atoms with van der Waals surface area (Å²) in [7, 11) is 1.60. The first-order valence-corrected chi connectivity index (χ1v) is 17.9. The Morgan fingerprint density at radius 3 is 2.57 bits per heavy atom. The predicted molar refractivity (Wildman–Crippen MR) is 209 cm³/mol. The molecule has 276 valence electrons. The summed E-state index contributed by atoms with van der Waals surface area (Å²) in [5.41, 5.74) is 12.2. The van der Waals surface area contributed by atoms with Gasteiger partial charge in [-0.1, -0.05) is 30.3 Å². The van der Waals surface area contributed by atoms with Gasteiger partial charge >= 0.3 is 0 Å². The van der Waals surface area contributed by atoms with E-state index in [1.165, 1.54) is 18.3 Å². The molecule has 0 bridgehead atoms. The number of methoxy groups -OCH3 is 1. The number of pyridine rings is 2. The molecule has 6 aromatic rings. The van der Waals surface area contributed by atoms with Crippen LogP contribution in [0, 0.1) is 6.92 Å². The molecule has 2 aromatic heterocycles. The van der Waals surface area contributed by atoms with Gasteiger partial charge in [0.2, 0.25) is 5.56 Å². The molecular formula is C42H42N6O6. The van der Waals surface area contributed by atoms with Crippen molar-refractivity contribution in [1.29, 1.82) is 0 Å². The van der Waals surface area contributed by atoms with Crippen LogP contribution in [-0.4, -0.2) is 69.7 Å². The van der Waals surface area contributed by atoms with Crippen LogP contribution >= 0.6 is 0 Å². The molecule has 1 aliphatic rings. The van der Waals surface area contributed by atoms with Crippen LogP contribution < -0.4 is 26.7 Å². The number of ether oxygens (including phenoxy) is 1. The Hall–Kier alpha value is -6.24. The van der Waals surface area contributed by atoms with Gasteiger partial charge in [-0.15, -0.1) is 0 Å². The number of aliphatic hydroxyl groups excluding tert-OH is 1. The Kier molecular flexibility index (Phi) is 10.3. The smallest absolute Gasteiger partial charge is 0.253 e. The van der Waals surface area contributed by atoms with Crippen LogP contribution in [0.1, 0.15) is 61.9 Å². The number of benzene rings is 4.